The fraction of sp³-hybridized carbons (Fsp3) is 0.364. The third-order valence-electron chi connectivity index (χ3n) is 2.02. The Kier molecular flexibility index (Phi) is 4.05. The van der Waals surface area contributed by atoms with Gasteiger partial charge in [-0.05, 0) is 18.1 Å². The first kappa shape index (κ1) is 10.6. The van der Waals surface area contributed by atoms with Crippen LogP contribution in [0.4, 0.5) is 0 Å². The Balaban J connectivity index is 2.77. The van der Waals surface area contributed by atoms with Gasteiger partial charge in [-0.25, -0.2) is 4.79 Å². The molecule has 0 aromatic heterocycles. The second-order valence-corrected chi connectivity index (χ2v) is 3.07. The highest BCUT2D eigenvalue weighted by molar-refractivity contribution is 5.35. The third kappa shape index (κ3) is 2.80. The molecule has 0 heterocycles. The predicted molar refractivity (Wildman–Crippen MR) is 53.7 cm³/mol. The number of isocyanates is 1. The van der Waals surface area contributed by atoms with E-state index in [-0.39, 0.29) is 6.04 Å². The van der Waals surface area contributed by atoms with Gasteiger partial charge in [-0.15, -0.1) is 0 Å². The highest BCUT2D eigenvalue weighted by Crippen LogP contribution is 2.16. The highest BCUT2D eigenvalue weighted by atomic mass is 16.5. The summed E-state index contributed by atoms with van der Waals surface area (Å²) in [6, 6.07) is 7.70. The first-order valence-electron chi connectivity index (χ1n) is 4.42. The topological polar surface area (TPSA) is 38.7 Å². The molecule has 74 valence electrons. The first-order valence-corrected chi connectivity index (χ1v) is 4.42. The summed E-state index contributed by atoms with van der Waals surface area (Å²) in [6.07, 6.45) is 1.56. The van der Waals surface area contributed by atoms with Gasteiger partial charge >= 0.3 is 0 Å². The van der Waals surface area contributed by atoms with Crippen molar-refractivity contribution in [3.63, 3.8) is 0 Å². The molecule has 0 saturated carbocycles. The van der Waals surface area contributed by atoms with Gasteiger partial charge in [0.05, 0.1) is 12.6 Å². The average molecular weight is 191 g/mol. The lowest BCUT2D eigenvalue weighted by molar-refractivity contribution is 0.185. The molecule has 1 unspecified atom stereocenters. The van der Waals surface area contributed by atoms with Crippen LogP contribution in [0.25, 0.3) is 0 Å². The number of carbonyl (C=O) groups excluding carboxylic acids is 1. The Morgan fingerprint density at radius 3 is 2.57 bits per heavy atom. The number of benzene rings is 1. The molecule has 14 heavy (non-hydrogen) atoms. The molecule has 3 heteroatoms. The molecular formula is C11H13NO2. The number of methoxy groups -OCH3 is 1. The van der Waals surface area contributed by atoms with Gasteiger partial charge in [0.2, 0.25) is 6.08 Å². The lowest BCUT2D eigenvalue weighted by Gasteiger charge is -2.05. The Morgan fingerprint density at radius 2 is 2.07 bits per heavy atom. The molecule has 3 nitrogen and oxygen atoms in total. The molecule has 0 aliphatic rings. The molecule has 1 rings (SSSR count). The number of rotatable bonds is 4. The molecule has 0 amide bonds. The largest absolute Gasteiger partial charge is 0.380 e. The summed E-state index contributed by atoms with van der Waals surface area (Å²) < 4.78 is 4.99. The maximum absolute atomic E-state index is 10.0. The van der Waals surface area contributed by atoms with E-state index in [9.17, 15) is 4.79 Å². The zero-order valence-electron chi connectivity index (χ0n) is 8.36. The zero-order valence-corrected chi connectivity index (χ0v) is 8.36. The summed E-state index contributed by atoms with van der Waals surface area (Å²) in [6.45, 7) is 2.46. The van der Waals surface area contributed by atoms with Gasteiger partial charge in [-0.3, -0.25) is 0 Å². The van der Waals surface area contributed by atoms with E-state index < -0.39 is 0 Å². The Morgan fingerprint density at radius 1 is 1.43 bits per heavy atom. The third-order valence-corrected chi connectivity index (χ3v) is 2.02. The molecule has 1 aromatic carbocycles. The maximum Gasteiger partial charge on any atom is 0.235 e. The highest BCUT2D eigenvalue weighted by Gasteiger charge is 2.02. The van der Waals surface area contributed by atoms with Crippen molar-refractivity contribution in [2.24, 2.45) is 4.99 Å². The monoisotopic (exact) mass is 191 g/mol. The second-order valence-electron chi connectivity index (χ2n) is 3.07. The summed E-state index contributed by atoms with van der Waals surface area (Å²) in [7, 11) is 1.66. The van der Waals surface area contributed by atoms with Gasteiger partial charge in [-0.1, -0.05) is 24.3 Å². The van der Waals surface area contributed by atoms with Crippen LogP contribution in [0.1, 0.15) is 24.1 Å². The van der Waals surface area contributed by atoms with E-state index in [0.717, 1.165) is 11.1 Å². The van der Waals surface area contributed by atoms with Crippen molar-refractivity contribution >= 4 is 6.08 Å². The van der Waals surface area contributed by atoms with Crippen LogP contribution in [0.2, 0.25) is 0 Å². The van der Waals surface area contributed by atoms with E-state index in [1.807, 2.05) is 31.2 Å². The minimum atomic E-state index is -0.121. The van der Waals surface area contributed by atoms with E-state index in [2.05, 4.69) is 4.99 Å². The summed E-state index contributed by atoms with van der Waals surface area (Å²) in [5, 5.41) is 0. The van der Waals surface area contributed by atoms with Crippen LogP contribution in [0.3, 0.4) is 0 Å². The van der Waals surface area contributed by atoms with Gasteiger partial charge in [0.1, 0.15) is 0 Å². The lowest BCUT2D eigenvalue weighted by Crippen LogP contribution is -1.91. The van der Waals surface area contributed by atoms with Crippen molar-refractivity contribution in [2.75, 3.05) is 7.11 Å². The van der Waals surface area contributed by atoms with Crippen LogP contribution in [0.15, 0.2) is 29.3 Å². The molecule has 0 bridgehead atoms. The Labute approximate surface area is 83.4 Å². The lowest BCUT2D eigenvalue weighted by atomic mass is 10.1. The Bertz CT molecular complexity index is 326. The van der Waals surface area contributed by atoms with Gasteiger partial charge in [0.25, 0.3) is 0 Å². The van der Waals surface area contributed by atoms with E-state index >= 15 is 0 Å². The van der Waals surface area contributed by atoms with E-state index in [1.165, 1.54) is 0 Å². The summed E-state index contributed by atoms with van der Waals surface area (Å²) in [5.74, 6) is 0. The molecule has 0 aliphatic heterocycles. The zero-order chi connectivity index (χ0) is 10.4. The molecular weight excluding hydrogens is 178 g/mol. The molecule has 0 aliphatic carbocycles. The van der Waals surface area contributed by atoms with Crippen molar-refractivity contribution in [3.8, 4) is 0 Å². The summed E-state index contributed by atoms with van der Waals surface area (Å²) in [5.41, 5.74) is 2.12. The fourth-order valence-electron chi connectivity index (χ4n) is 1.21. The smallest absolute Gasteiger partial charge is 0.235 e. The van der Waals surface area contributed by atoms with Crippen LogP contribution in [0.5, 0.6) is 0 Å². The van der Waals surface area contributed by atoms with E-state index in [1.54, 1.807) is 13.2 Å². The van der Waals surface area contributed by atoms with Crippen LogP contribution in [-0.4, -0.2) is 13.2 Å². The maximum atomic E-state index is 10.0. The predicted octanol–water partition coefficient (Wildman–Crippen LogP) is 2.23. The number of hydrogen-bond acceptors (Lipinski definition) is 3. The number of nitrogens with zero attached hydrogens (tertiary/aromatic N) is 1. The van der Waals surface area contributed by atoms with Gasteiger partial charge in [0, 0.05) is 7.11 Å². The van der Waals surface area contributed by atoms with Gasteiger partial charge in [-0.2, -0.15) is 4.99 Å². The van der Waals surface area contributed by atoms with Crippen LogP contribution in [0, 0.1) is 0 Å². The number of aliphatic imine (C=N–C) groups is 1. The molecule has 1 aromatic rings. The van der Waals surface area contributed by atoms with Crippen LogP contribution in [-0.2, 0) is 16.1 Å². The quantitative estimate of drug-likeness (QED) is 0.540. The molecule has 0 radical (unpaired) electrons. The average Bonchev–Trinajstić information content (AvgIpc) is 2.20. The minimum absolute atomic E-state index is 0.121. The molecule has 0 spiro atoms. The van der Waals surface area contributed by atoms with E-state index in [0.29, 0.717) is 6.61 Å². The van der Waals surface area contributed by atoms with Crippen molar-refractivity contribution in [1.82, 2.24) is 0 Å². The molecule has 0 N–H and O–H groups in total. The summed E-state index contributed by atoms with van der Waals surface area (Å²) in [4.78, 5) is 13.7. The van der Waals surface area contributed by atoms with Crippen molar-refractivity contribution < 1.29 is 9.53 Å². The number of hydrogen-bond donors (Lipinski definition) is 0. The van der Waals surface area contributed by atoms with Crippen molar-refractivity contribution in [3.05, 3.63) is 35.4 Å². The van der Waals surface area contributed by atoms with Crippen LogP contribution >= 0.6 is 0 Å². The normalized spacial score (nSPS) is 11.9. The first-order chi connectivity index (χ1) is 6.77. The van der Waals surface area contributed by atoms with Crippen molar-refractivity contribution in [2.45, 2.75) is 19.6 Å². The molecule has 1 atom stereocenters. The van der Waals surface area contributed by atoms with Gasteiger partial charge < -0.3 is 4.74 Å². The standard InChI is InChI=1S/C11H13NO2/c1-9(12-8-13)11-5-3-10(4-6-11)7-14-2/h3-6,9H,7H2,1-2H3. The number of ether oxygens (including phenoxy) is 1. The molecule has 0 saturated heterocycles. The Hall–Kier alpha value is -1.44. The fourth-order valence-corrected chi connectivity index (χ4v) is 1.21. The van der Waals surface area contributed by atoms with Crippen molar-refractivity contribution in [1.29, 1.82) is 0 Å². The summed E-state index contributed by atoms with van der Waals surface area (Å²) >= 11 is 0. The van der Waals surface area contributed by atoms with E-state index in [4.69, 9.17) is 4.74 Å². The SMILES string of the molecule is COCc1ccc(C(C)N=C=O)cc1. The van der Waals surface area contributed by atoms with Crippen LogP contribution < -0.4 is 0 Å². The minimum Gasteiger partial charge on any atom is -0.380 e. The molecule has 0 fully saturated rings. The van der Waals surface area contributed by atoms with Gasteiger partial charge in [0.15, 0.2) is 0 Å². The second kappa shape index (κ2) is 5.32.